The average Bonchev–Trinajstić information content (AvgIpc) is 2.71. The highest BCUT2D eigenvalue weighted by atomic mass is 16.5. The van der Waals surface area contributed by atoms with Crippen LogP contribution in [0.3, 0.4) is 0 Å². The Kier molecular flexibility index (Phi) is 2.46. The van der Waals surface area contributed by atoms with E-state index in [1.54, 1.807) is 13.3 Å². The molecule has 1 aliphatic carbocycles. The molecule has 0 radical (unpaired) electrons. The Morgan fingerprint density at radius 3 is 2.93 bits per heavy atom. The van der Waals surface area contributed by atoms with Crippen molar-refractivity contribution in [3.05, 3.63) is 11.9 Å². The van der Waals surface area contributed by atoms with Gasteiger partial charge in [0.05, 0.1) is 19.0 Å². The Bertz CT molecular complexity index is 321. The van der Waals surface area contributed by atoms with Gasteiger partial charge in [-0.3, -0.25) is 4.68 Å². The third-order valence-electron chi connectivity index (χ3n) is 3.03. The Morgan fingerprint density at radius 2 is 2.36 bits per heavy atom. The molecule has 0 bridgehead atoms. The quantitative estimate of drug-likeness (QED) is 0.766. The summed E-state index contributed by atoms with van der Waals surface area (Å²) in [6.07, 6.45) is 5.09. The maximum absolute atomic E-state index is 5.90. The van der Waals surface area contributed by atoms with Crippen LogP contribution in [0.2, 0.25) is 0 Å². The van der Waals surface area contributed by atoms with Crippen LogP contribution >= 0.6 is 0 Å². The van der Waals surface area contributed by atoms with Crippen LogP contribution in [-0.4, -0.2) is 22.9 Å². The summed E-state index contributed by atoms with van der Waals surface area (Å²) in [7, 11) is 3.65. The number of nitrogens with zero attached hydrogens (tertiary/aromatic N) is 2. The fraction of sp³-hybridized carbons (Fsp3) is 0.700. The van der Waals surface area contributed by atoms with Crippen molar-refractivity contribution in [2.75, 3.05) is 7.11 Å². The zero-order valence-corrected chi connectivity index (χ0v) is 8.73. The van der Waals surface area contributed by atoms with Crippen LogP contribution in [0, 0.1) is 0 Å². The lowest BCUT2D eigenvalue weighted by Crippen LogP contribution is -2.15. The van der Waals surface area contributed by atoms with Gasteiger partial charge in [0.15, 0.2) is 5.75 Å². The fourth-order valence-electron chi connectivity index (χ4n) is 2.31. The van der Waals surface area contributed by atoms with E-state index in [1.807, 2.05) is 11.7 Å². The molecular formula is C10H17N3O. The van der Waals surface area contributed by atoms with Crippen molar-refractivity contribution in [2.24, 2.45) is 12.8 Å². The lowest BCUT2D eigenvalue weighted by molar-refractivity contribution is 0.402. The first-order valence-electron chi connectivity index (χ1n) is 5.04. The van der Waals surface area contributed by atoms with E-state index in [9.17, 15) is 0 Å². The van der Waals surface area contributed by atoms with Gasteiger partial charge in [0.1, 0.15) is 0 Å². The number of hydrogen-bond acceptors (Lipinski definition) is 3. The molecular weight excluding hydrogens is 178 g/mol. The first-order valence-corrected chi connectivity index (χ1v) is 5.04. The zero-order chi connectivity index (χ0) is 10.1. The maximum atomic E-state index is 5.90. The Morgan fingerprint density at radius 1 is 1.57 bits per heavy atom. The van der Waals surface area contributed by atoms with E-state index in [0.717, 1.165) is 25.0 Å². The van der Waals surface area contributed by atoms with E-state index in [2.05, 4.69) is 5.10 Å². The van der Waals surface area contributed by atoms with Crippen molar-refractivity contribution < 1.29 is 4.74 Å². The van der Waals surface area contributed by atoms with Crippen molar-refractivity contribution in [1.82, 2.24) is 9.78 Å². The van der Waals surface area contributed by atoms with Gasteiger partial charge in [-0.2, -0.15) is 5.10 Å². The minimum Gasteiger partial charge on any atom is -0.493 e. The maximum Gasteiger partial charge on any atom is 0.160 e. The summed E-state index contributed by atoms with van der Waals surface area (Å²) in [6, 6.07) is 0.347. The molecule has 14 heavy (non-hydrogen) atoms. The van der Waals surface area contributed by atoms with Crippen LogP contribution in [0.15, 0.2) is 6.20 Å². The molecule has 2 atom stereocenters. The van der Waals surface area contributed by atoms with E-state index in [1.165, 1.54) is 5.69 Å². The highest BCUT2D eigenvalue weighted by Gasteiger charge is 2.28. The number of hydrogen-bond donors (Lipinski definition) is 1. The molecule has 1 aliphatic rings. The Labute approximate surface area is 84.0 Å². The van der Waals surface area contributed by atoms with Gasteiger partial charge in [0.25, 0.3) is 0 Å². The first kappa shape index (κ1) is 9.52. The van der Waals surface area contributed by atoms with Crippen molar-refractivity contribution in [3.63, 3.8) is 0 Å². The van der Waals surface area contributed by atoms with Gasteiger partial charge in [-0.1, -0.05) is 0 Å². The van der Waals surface area contributed by atoms with Crippen LogP contribution in [-0.2, 0) is 7.05 Å². The monoisotopic (exact) mass is 195 g/mol. The van der Waals surface area contributed by atoms with Crippen LogP contribution in [0.5, 0.6) is 5.75 Å². The third-order valence-corrected chi connectivity index (χ3v) is 3.03. The molecule has 0 aromatic carbocycles. The summed E-state index contributed by atoms with van der Waals surface area (Å²) in [4.78, 5) is 0. The number of rotatable bonds is 2. The summed E-state index contributed by atoms with van der Waals surface area (Å²) in [5.74, 6) is 1.42. The van der Waals surface area contributed by atoms with E-state index in [4.69, 9.17) is 10.5 Å². The third kappa shape index (κ3) is 1.50. The van der Waals surface area contributed by atoms with Crippen molar-refractivity contribution in [3.8, 4) is 5.75 Å². The van der Waals surface area contributed by atoms with Gasteiger partial charge in [0.2, 0.25) is 0 Å². The summed E-state index contributed by atoms with van der Waals surface area (Å²) < 4.78 is 7.19. The van der Waals surface area contributed by atoms with Crippen molar-refractivity contribution >= 4 is 0 Å². The first-order chi connectivity index (χ1) is 6.72. The van der Waals surface area contributed by atoms with E-state index in [0.29, 0.717) is 12.0 Å². The Hall–Kier alpha value is -1.03. The van der Waals surface area contributed by atoms with Gasteiger partial charge >= 0.3 is 0 Å². The predicted octanol–water partition coefficient (Wildman–Crippen LogP) is 1.02. The summed E-state index contributed by atoms with van der Waals surface area (Å²) >= 11 is 0. The summed E-state index contributed by atoms with van der Waals surface area (Å²) in [5, 5.41) is 4.21. The van der Waals surface area contributed by atoms with E-state index >= 15 is 0 Å². The zero-order valence-electron chi connectivity index (χ0n) is 8.73. The molecule has 2 unspecified atom stereocenters. The van der Waals surface area contributed by atoms with Gasteiger partial charge < -0.3 is 10.5 Å². The second kappa shape index (κ2) is 3.61. The van der Waals surface area contributed by atoms with Crippen LogP contribution < -0.4 is 10.5 Å². The molecule has 0 aliphatic heterocycles. The smallest absolute Gasteiger partial charge is 0.160 e. The molecule has 0 spiro atoms. The van der Waals surface area contributed by atoms with Crippen LogP contribution in [0.4, 0.5) is 0 Å². The minimum absolute atomic E-state index is 0.347. The summed E-state index contributed by atoms with van der Waals surface area (Å²) in [5.41, 5.74) is 7.10. The summed E-state index contributed by atoms with van der Waals surface area (Å²) in [6.45, 7) is 0. The second-order valence-electron chi connectivity index (χ2n) is 3.99. The van der Waals surface area contributed by atoms with Crippen LogP contribution in [0.25, 0.3) is 0 Å². The molecule has 78 valence electrons. The standard InChI is InChI=1S/C10H17N3O/c1-13-10(9(14-2)6-12-13)7-3-4-8(11)5-7/h6-8H,3-5,11H2,1-2H3. The van der Waals surface area contributed by atoms with E-state index in [-0.39, 0.29) is 0 Å². The minimum atomic E-state index is 0.347. The van der Waals surface area contributed by atoms with Gasteiger partial charge in [-0.25, -0.2) is 0 Å². The molecule has 1 aromatic heterocycles. The number of methoxy groups -OCH3 is 1. The molecule has 4 nitrogen and oxygen atoms in total. The lowest BCUT2D eigenvalue weighted by Gasteiger charge is -2.12. The molecule has 1 fully saturated rings. The molecule has 2 N–H and O–H groups in total. The fourth-order valence-corrected chi connectivity index (χ4v) is 2.31. The van der Waals surface area contributed by atoms with Gasteiger partial charge in [-0.05, 0) is 19.3 Å². The highest BCUT2D eigenvalue weighted by molar-refractivity contribution is 5.29. The topological polar surface area (TPSA) is 53.1 Å². The molecule has 4 heteroatoms. The molecule has 1 saturated carbocycles. The molecule has 0 amide bonds. The molecule has 0 saturated heterocycles. The van der Waals surface area contributed by atoms with Crippen LogP contribution in [0.1, 0.15) is 30.9 Å². The number of nitrogens with two attached hydrogens (primary N) is 1. The molecule has 1 heterocycles. The van der Waals surface area contributed by atoms with Crippen molar-refractivity contribution in [1.29, 1.82) is 0 Å². The van der Waals surface area contributed by atoms with Gasteiger partial charge in [0, 0.05) is 19.0 Å². The predicted molar refractivity (Wildman–Crippen MR) is 54.3 cm³/mol. The molecule has 2 rings (SSSR count). The SMILES string of the molecule is COc1cnn(C)c1C1CCC(N)C1. The van der Waals surface area contributed by atoms with Crippen molar-refractivity contribution in [2.45, 2.75) is 31.2 Å². The normalized spacial score (nSPS) is 26.8. The number of aromatic nitrogens is 2. The lowest BCUT2D eigenvalue weighted by atomic mass is 10.0. The Balaban J connectivity index is 2.26. The highest BCUT2D eigenvalue weighted by Crippen LogP contribution is 2.37. The number of aryl methyl sites for hydroxylation is 1. The molecule has 1 aromatic rings. The second-order valence-corrected chi connectivity index (χ2v) is 3.99. The van der Waals surface area contributed by atoms with E-state index < -0.39 is 0 Å². The number of ether oxygens (including phenoxy) is 1. The average molecular weight is 195 g/mol. The largest absolute Gasteiger partial charge is 0.493 e. The van der Waals surface area contributed by atoms with Gasteiger partial charge in [-0.15, -0.1) is 0 Å².